The predicted molar refractivity (Wildman–Crippen MR) is 123 cm³/mol. The topological polar surface area (TPSA) is 196 Å². The van der Waals surface area contributed by atoms with Gasteiger partial charge >= 0.3 is 5.97 Å². The smallest absolute Gasteiger partial charge is 0.346 e. The van der Waals surface area contributed by atoms with Crippen molar-refractivity contribution in [1.82, 2.24) is 15.3 Å². The van der Waals surface area contributed by atoms with E-state index in [2.05, 4.69) is 21.4 Å². The molecule has 1 aliphatic carbocycles. The molecule has 3 rings (SSSR count). The van der Waals surface area contributed by atoms with Gasteiger partial charge in [-0.25, -0.2) is 9.78 Å². The number of carboxylic acid groups (broad SMARTS) is 1. The first-order chi connectivity index (χ1) is 15.6. The number of aromatic nitrogens is 2. The SMILES string of the molecule is CNC[C@H](O)[C@@H](O)[C@H](O)[C@H](O)CO.Cc1c(C(=O)O)sc2nc(CC3=CCCC3)[nH]c(=O)c12. The average molecular weight is 486 g/mol. The molecular weight excluding hydrogens is 454 g/mol. The molecule has 11 nitrogen and oxygen atoms in total. The number of hydrogen-bond donors (Lipinski definition) is 8. The van der Waals surface area contributed by atoms with E-state index < -0.39 is 37.0 Å². The van der Waals surface area contributed by atoms with Crippen LogP contribution >= 0.6 is 11.3 Å². The second-order valence-electron chi connectivity index (χ2n) is 7.84. The summed E-state index contributed by atoms with van der Waals surface area (Å²) in [5.41, 5.74) is 1.54. The zero-order chi connectivity index (χ0) is 24.7. The van der Waals surface area contributed by atoms with Gasteiger partial charge in [0.1, 0.15) is 33.8 Å². The van der Waals surface area contributed by atoms with Crippen molar-refractivity contribution >= 4 is 27.5 Å². The Bertz CT molecular complexity index is 1030. The molecule has 2 aromatic rings. The lowest BCUT2D eigenvalue weighted by Gasteiger charge is -2.25. The van der Waals surface area contributed by atoms with Crippen molar-refractivity contribution in [3.63, 3.8) is 0 Å². The average Bonchev–Trinajstić information content (AvgIpc) is 3.40. The fraction of sp³-hybridized carbons (Fsp3) is 0.571. The van der Waals surface area contributed by atoms with E-state index in [-0.39, 0.29) is 17.0 Å². The third-order valence-corrected chi connectivity index (χ3v) is 6.49. The van der Waals surface area contributed by atoms with Crippen molar-refractivity contribution in [3.8, 4) is 0 Å². The molecule has 0 saturated carbocycles. The molecule has 0 spiro atoms. The lowest BCUT2D eigenvalue weighted by molar-refractivity contribution is -0.113. The van der Waals surface area contributed by atoms with Crippen LogP contribution in [0.25, 0.3) is 10.2 Å². The number of carboxylic acids is 1. The van der Waals surface area contributed by atoms with E-state index in [0.29, 0.717) is 28.0 Å². The summed E-state index contributed by atoms with van der Waals surface area (Å²) in [6.07, 6.45) is 0.472. The van der Waals surface area contributed by atoms with E-state index in [9.17, 15) is 14.7 Å². The molecule has 0 aliphatic heterocycles. The zero-order valence-electron chi connectivity index (χ0n) is 18.5. The van der Waals surface area contributed by atoms with Gasteiger partial charge in [0.2, 0.25) is 0 Å². The molecule has 0 saturated heterocycles. The number of aliphatic hydroxyl groups is 5. The normalized spacial score (nSPS) is 17.1. The predicted octanol–water partition coefficient (Wildman–Crippen LogP) is -0.714. The van der Waals surface area contributed by atoms with E-state index in [1.807, 2.05) is 0 Å². The van der Waals surface area contributed by atoms with Gasteiger partial charge in [-0.05, 0) is 38.8 Å². The molecular formula is C21H31N3O8S. The van der Waals surface area contributed by atoms with Crippen molar-refractivity contribution < 1.29 is 35.4 Å². The highest BCUT2D eigenvalue weighted by Crippen LogP contribution is 2.27. The lowest BCUT2D eigenvalue weighted by Crippen LogP contribution is -2.48. The summed E-state index contributed by atoms with van der Waals surface area (Å²) in [7, 11) is 1.57. The minimum Gasteiger partial charge on any atom is -0.477 e. The summed E-state index contributed by atoms with van der Waals surface area (Å²) >= 11 is 1.07. The van der Waals surface area contributed by atoms with Crippen LogP contribution in [-0.2, 0) is 6.42 Å². The van der Waals surface area contributed by atoms with Crippen LogP contribution in [0, 0.1) is 6.92 Å². The van der Waals surface area contributed by atoms with Crippen LogP contribution in [-0.4, -0.2) is 91.2 Å². The first kappa shape index (κ1) is 27.1. The lowest BCUT2D eigenvalue weighted by atomic mass is 10.0. The number of likely N-dealkylation sites (N-methyl/N-ethyl adjacent to an activating group) is 1. The van der Waals surface area contributed by atoms with Crippen molar-refractivity contribution in [2.24, 2.45) is 0 Å². The van der Waals surface area contributed by atoms with Gasteiger partial charge in [0.05, 0.1) is 18.1 Å². The second-order valence-corrected chi connectivity index (χ2v) is 8.84. The molecule has 0 bridgehead atoms. The number of allylic oxidation sites excluding steroid dienone is 2. The summed E-state index contributed by atoms with van der Waals surface area (Å²) in [4.78, 5) is 31.2. The number of thiophene rings is 1. The van der Waals surface area contributed by atoms with Gasteiger partial charge < -0.3 is 40.9 Å². The fourth-order valence-corrected chi connectivity index (χ4v) is 4.52. The van der Waals surface area contributed by atoms with E-state index in [1.54, 1.807) is 14.0 Å². The number of aromatic carboxylic acids is 1. The third-order valence-electron chi connectivity index (χ3n) is 5.31. The first-order valence-electron chi connectivity index (χ1n) is 10.5. The van der Waals surface area contributed by atoms with Gasteiger partial charge in [0.25, 0.3) is 5.56 Å². The van der Waals surface area contributed by atoms with Crippen LogP contribution in [0.5, 0.6) is 0 Å². The molecule has 184 valence electrons. The molecule has 0 radical (unpaired) electrons. The molecule has 4 atom stereocenters. The number of aryl methyl sites for hydroxylation is 1. The molecule has 0 fully saturated rings. The number of aliphatic hydroxyl groups excluding tert-OH is 5. The highest BCUT2D eigenvalue weighted by atomic mass is 32.1. The number of aromatic amines is 1. The number of fused-ring (bicyclic) bond motifs is 1. The minimum absolute atomic E-state index is 0.0936. The van der Waals surface area contributed by atoms with Gasteiger partial charge in [-0.1, -0.05) is 11.6 Å². The highest BCUT2D eigenvalue weighted by molar-refractivity contribution is 7.20. The van der Waals surface area contributed by atoms with Gasteiger partial charge in [-0.2, -0.15) is 0 Å². The van der Waals surface area contributed by atoms with Crippen LogP contribution in [0.15, 0.2) is 16.4 Å². The number of rotatable bonds is 9. The Balaban J connectivity index is 0.000000260. The third kappa shape index (κ3) is 6.90. The maximum Gasteiger partial charge on any atom is 0.346 e. The molecule has 1 aliphatic rings. The Kier molecular flexibility index (Phi) is 10.1. The molecule has 0 aromatic carbocycles. The largest absolute Gasteiger partial charge is 0.477 e. The van der Waals surface area contributed by atoms with Gasteiger partial charge in [-0.3, -0.25) is 4.79 Å². The quantitative estimate of drug-likeness (QED) is 0.210. The van der Waals surface area contributed by atoms with Crippen molar-refractivity contribution in [2.45, 2.75) is 57.0 Å². The maximum absolute atomic E-state index is 12.1. The van der Waals surface area contributed by atoms with Crippen molar-refractivity contribution in [1.29, 1.82) is 0 Å². The molecule has 2 heterocycles. The first-order valence-corrected chi connectivity index (χ1v) is 11.3. The summed E-state index contributed by atoms with van der Waals surface area (Å²) in [5, 5.41) is 57.0. The Morgan fingerprint density at radius 3 is 2.45 bits per heavy atom. The van der Waals surface area contributed by atoms with Crippen molar-refractivity contribution in [3.05, 3.63) is 38.3 Å². The minimum atomic E-state index is -1.55. The monoisotopic (exact) mass is 485 g/mol. The van der Waals surface area contributed by atoms with E-state index in [1.165, 1.54) is 5.57 Å². The highest BCUT2D eigenvalue weighted by Gasteiger charge is 2.29. The van der Waals surface area contributed by atoms with E-state index in [0.717, 1.165) is 30.6 Å². The van der Waals surface area contributed by atoms with Gasteiger partial charge in [-0.15, -0.1) is 11.3 Å². The summed E-state index contributed by atoms with van der Waals surface area (Å²) in [6, 6.07) is 0. The van der Waals surface area contributed by atoms with Crippen LogP contribution in [0.4, 0.5) is 0 Å². The number of nitrogens with zero attached hydrogens (tertiary/aromatic N) is 1. The summed E-state index contributed by atoms with van der Waals surface area (Å²) in [5.74, 6) is -0.390. The van der Waals surface area contributed by atoms with Crippen LogP contribution in [0.3, 0.4) is 0 Å². The molecule has 0 amide bonds. The number of hydrogen-bond acceptors (Lipinski definition) is 10. The Morgan fingerprint density at radius 1 is 1.24 bits per heavy atom. The van der Waals surface area contributed by atoms with E-state index >= 15 is 0 Å². The van der Waals surface area contributed by atoms with E-state index in [4.69, 9.17) is 25.5 Å². The fourth-order valence-electron chi connectivity index (χ4n) is 3.48. The van der Waals surface area contributed by atoms with Crippen molar-refractivity contribution in [2.75, 3.05) is 20.2 Å². The maximum atomic E-state index is 12.1. The van der Waals surface area contributed by atoms with Crippen LogP contribution < -0.4 is 10.9 Å². The number of nitrogens with one attached hydrogen (secondary N) is 2. The molecule has 0 unspecified atom stereocenters. The summed E-state index contributed by atoms with van der Waals surface area (Å²) in [6.45, 7) is 1.08. The number of H-pyrrole nitrogens is 1. The molecule has 12 heteroatoms. The van der Waals surface area contributed by atoms with Gasteiger partial charge in [0.15, 0.2) is 0 Å². The molecule has 33 heavy (non-hydrogen) atoms. The second kappa shape index (κ2) is 12.3. The Morgan fingerprint density at radius 2 is 1.91 bits per heavy atom. The Hall–Kier alpha value is -2.19. The Labute approximate surface area is 194 Å². The molecule has 8 N–H and O–H groups in total. The van der Waals surface area contributed by atoms with Gasteiger partial charge in [0, 0.05) is 13.0 Å². The summed E-state index contributed by atoms with van der Waals surface area (Å²) < 4.78 is 0. The molecule has 2 aromatic heterocycles. The standard InChI is InChI=1S/C14H14N2O3S.C7H17NO5/c1-7-10-12(17)15-9(6-8-4-2-3-5-8)16-13(10)20-11(7)14(18)19;1-8-2-4(10)6(12)7(13)5(11)3-9/h4H,2-3,5-6H2,1H3,(H,18,19)(H,15,16,17);4-13H,2-3H2,1H3/t;4-,5+,6+,7+/m.0/s1. The number of carbonyl (C=O) groups is 1. The van der Waals surface area contributed by atoms with Crippen LogP contribution in [0.1, 0.15) is 40.3 Å². The zero-order valence-corrected chi connectivity index (χ0v) is 19.3. The van der Waals surface area contributed by atoms with Crippen LogP contribution in [0.2, 0.25) is 0 Å².